The van der Waals surface area contributed by atoms with Crippen LogP contribution in [0.1, 0.15) is 6.42 Å². The van der Waals surface area contributed by atoms with Crippen LogP contribution in [0.3, 0.4) is 0 Å². The van der Waals surface area contributed by atoms with Crippen LogP contribution >= 0.6 is 15.9 Å². The van der Waals surface area contributed by atoms with E-state index in [4.69, 9.17) is 4.74 Å². The molecule has 0 saturated heterocycles. The molecule has 0 aliphatic carbocycles. The second-order valence-corrected chi connectivity index (χ2v) is 3.86. The molecule has 1 N–H and O–H groups in total. The van der Waals surface area contributed by atoms with E-state index in [-0.39, 0.29) is 5.75 Å². The molecule has 0 fully saturated rings. The van der Waals surface area contributed by atoms with Gasteiger partial charge in [-0.15, -0.1) is 0 Å². The lowest BCUT2D eigenvalue weighted by molar-refractivity contribution is 0.291. The van der Waals surface area contributed by atoms with Crippen LogP contribution in [0.4, 0.5) is 8.78 Å². The summed E-state index contributed by atoms with van der Waals surface area (Å²) in [4.78, 5) is 0. The lowest BCUT2D eigenvalue weighted by Crippen LogP contribution is -2.12. The first kappa shape index (κ1) is 12.4. The Morgan fingerprint density at radius 2 is 2.13 bits per heavy atom. The SMILES string of the molecule is CNCCCOc1c(F)cc(F)cc1Br. The van der Waals surface area contributed by atoms with E-state index in [1.165, 1.54) is 6.07 Å². The second-order valence-electron chi connectivity index (χ2n) is 3.00. The number of benzene rings is 1. The van der Waals surface area contributed by atoms with Crippen LogP contribution in [0.15, 0.2) is 16.6 Å². The average Bonchev–Trinajstić information content (AvgIpc) is 2.15. The Kier molecular flexibility index (Phi) is 4.98. The van der Waals surface area contributed by atoms with Crippen LogP contribution in [0.2, 0.25) is 0 Å². The van der Waals surface area contributed by atoms with Crippen LogP contribution in [0, 0.1) is 11.6 Å². The van der Waals surface area contributed by atoms with E-state index >= 15 is 0 Å². The summed E-state index contributed by atoms with van der Waals surface area (Å²) in [6.07, 6.45) is 0.764. The first-order valence-electron chi connectivity index (χ1n) is 4.57. The van der Waals surface area contributed by atoms with Gasteiger partial charge in [0.05, 0.1) is 11.1 Å². The zero-order chi connectivity index (χ0) is 11.3. The van der Waals surface area contributed by atoms with Crippen molar-refractivity contribution in [3.8, 4) is 5.75 Å². The average molecular weight is 280 g/mol. The highest BCUT2D eigenvalue weighted by molar-refractivity contribution is 9.10. The Balaban J connectivity index is 2.60. The number of halogens is 3. The molecule has 84 valence electrons. The number of hydrogen-bond donors (Lipinski definition) is 1. The quantitative estimate of drug-likeness (QED) is 0.837. The number of rotatable bonds is 5. The molecular formula is C10H12BrF2NO. The molecule has 1 aromatic carbocycles. The van der Waals surface area contributed by atoms with Gasteiger partial charge in [0.25, 0.3) is 0 Å². The molecule has 0 amide bonds. The van der Waals surface area contributed by atoms with Crippen LogP contribution in [0.25, 0.3) is 0 Å². The minimum atomic E-state index is -0.689. The summed E-state index contributed by atoms with van der Waals surface area (Å²) in [5.41, 5.74) is 0. The molecule has 0 radical (unpaired) electrons. The van der Waals surface area contributed by atoms with Gasteiger partial charge in [0.15, 0.2) is 11.6 Å². The minimum absolute atomic E-state index is 0.0625. The fourth-order valence-electron chi connectivity index (χ4n) is 1.09. The highest BCUT2D eigenvalue weighted by Gasteiger charge is 2.10. The van der Waals surface area contributed by atoms with Crippen molar-refractivity contribution in [1.29, 1.82) is 0 Å². The Labute approximate surface area is 95.8 Å². The molecule has 0 aromatic heterocycles. The number of ether oxygens (including phenoxy) is 1. The molecule has 0 heterocycles. The lowest BCUT2D eigenvalue weighted by Gasteiger charge is -2.09. The van der Waals surface area contributed by atoms with Gasteiger partial charge in [-0.3, -0.25) is 0 Å². The Morgan fingerprint density at radius 1 is 1.40 bits per heavy atom. The Bertz CT molecular complexity index is 310. The highest BCUT2D eigenvalue weighted by atomic mass is 79.9. The molecule has 0 bridgehead atoms. The third-order valence-corrected chi connectivity index (χ3v) is 2.37. The van der Waals surface area contributed by atoms with Crippen molar-refractivity contribution in [3.05, 3.63) is 28.2 Å². The molecule has 15 heavy (non-hydrogen) atoms. The van der Waals surface area contributed by atoms with E-state index in [0.717, 1.165) is 19.0 Å². The minimum Gasteiger partial charge on any atom is -0.489 e. The van der Waals surface area contributed by atoms with Crippen molar-refractivity contribution in [3.63, 3.8) is 0 Å². The summed E-state index contributed by atoms with van der Waals surface area (Å²) in [5, 5.41) is 2.95. The molecule has 2 nitrogen and oxygen atoms in total. The zero-order valence-corrected chi connectivity index (χ0v) is 9.90. The first-order valence-corrected chi connectivity index (χ1v) is 5.36. The smallest absolute Gasteiger partial charge is 0.169 e. The zero-order valence-electron chi connectivity index (χ0n) is 8.32. The summed E-state index contributed by atoms with van der Waals surface area (Å²) < 4.78 is 31.4. The fourth-order valence-corrected chi connectivity index (χ4v) is 1.61. The third kappa shape index (κ3) is 3.76. The molecule has 1 aromatic rings. The van der Waals surface area contributed by atoms with Gasteiger partial charge in [0, 0.05) is 6.07 Å². The van der Waals surface area contributed by atoms with E-state index in [1.54, 1.807) is 0 Å². The van der Waals surface area contributed by atoms with E-state index in [9.17, 15) is 8.78 Å². The van der Waals surface area contributed by atoms with Gasteiger partial charge in [0.1, 0.15) is 5.82 Å². The standard InChI is InChI=1S/C10H12BrF2NO/c1-14-3-2-4-15-10-8(11)5-7(12)6-9(10)13/h5-6,14H,2-4H2,1H3. The van der Waals surface area contributed by atoms with Crippen LogP contribution < -0.4 is 10.1 Å². The maximum Gasteiger partial charge on any atom is 0.169 e. The Hall–Kier alpha value is -0.680. The van der Waals surface area contributed by atoms with Gasteiger partial charge < -0.3 is 10.1 Å². The Morgan fingerprint density at radius 3 is 2.73 bits per heavy atom. The van der Waals surface area contributed by atoms with E-state index in [0.29, 0.717) is 11.1 Å². The molecule has 5 heteroatoms. The van der Waals surface area contributed by atoms with Gasteiger partial charge in [-0.05, 0) is 42.0 Å². The van der Waals surface area contributed by atoms with Crippen molar-refractivity contribution in [2.45, 2.75) is 6.42 Å². The van der Waals surface area contributed by atoms with Crippen LogP contribution in [0.5, 0.6) is 5.75 Å². The number of hydrogen-bond acceptors (Lipinski definition) is 2. The molecular weight excluding hydrogens is 268 g/mol. The topological polar surface area (TPSA) is 21.3 Å². The highest BCUT2D eigenvalue weighted by Crippen LogP contribution is 2.29. The maximum atomic E-state index is 13.2. The molecule has 0 aliphatic heterocycles. The van der Waals surface area contributed by atoms with Crippen molar-refractivity contribution in [2.24, 2.45) is 0 Å². The summed E-state index contributed by atoms with van der Waals surface area (Å²) in [7, 11) is 1.83. The predicted molar refractivity (Wildman–Crippen MR) is 58.1 cm³/mol. The normalized spacial score (nSPS) is 10.4. The van der Waals surface area contributed by atoms with E-state index in [2.05, 4.69) is 21.2 Å². The summed E-state index contributed by atoms with van der Waals surface area (Å²) in [6, 6.07) is 1.98. The van der Waals surface area contributed by atoms with Gasteiger partial charge in [0.2, 0.25) is 0 Å². The molecule has 0 aliphatic rings. The van der Waals surface area contributed by atoms with Crippen molar-refractivity contribution < 1.29 is 13.5 Å². The molecule has 0 atom stereocenters. The predicted octanol–water partition coefficient (Wildman–Crippen LogP) is 2.72. The summed E-state index contributed by atoms with van der Waals surface area (Å²) in [6.45, 7) is 1.18. The van der Waals surface area contributed by atoms with E-state index < -0.39 is 11.6 Å². The van der Waals surface area contributed by atoms with Gasteiger partial charge >= 0.3 is 0 Å². The number of nitrogens with one attached hydrogen (secondary N) is 1. The van der Waals surface area contributed by atoms with Gasteiger partial charge in [-0.1, -0.05) is 0 Å². The van der Waals surface area contributed by atoms with Crippen molar-refractivity contribution >= 4 is 15.9 Å². The molecule has 0 saturated carbocycles. The summed E-state index contributed by atoms with van der Waals surface area (Å²) in [5.74, 6) is -1.25. The van der Waals surface area contributed by atoms with E-state index in [1.807, 2.05) is 7.05 Å². The van der Waals surface area contributed by atoms with Crippen LogP contribution in [-0.2, 0) is 0 Å². The first-order chi connectivity index (χ1) is 7.15. The van der Waals surface area contributed by atoms with Crippen LogP contribution in [-0.4, -0.2) is 20.2 Å². The van der Waals surface area contributed by atoms with Crippen molar-refractivity contribution in [1.82, 2.24) is 5.32 Å². The fraction of sp³-hybridized carbons (Fsp3) is 0.400. The lowest BCUT2D eigenvalue weighted by atomic mass is 10.3. The van der Waals surface area contributed by atoms with Gasteiger partial charge in [-0.2, -0.15) is 0 Å². The van der Waals surface area contributed by atoms with Gasteiger partial charge in [-0.25, -0.2) is 8.78 Å². The third-order valence-electron chi connectivity index (χ3n) is 1.78. The largest absolute Gasteiger partial charge is 0.489 e. The summed E-state index contributed by atoms with van der Waals surface area (Å²) >= 11 is 3.05. The monoisotopic (exact) mass is 279 g/mol. The molecule has 0 unspecified atom stereocenters. The van der Waals surface area contributed by atoms with Crippen molar-refractivity contribution in [2.75, 3.05) is 20.2 Å². The maximum absolute atomic E-state index is 13.2. The molecule has 0 spiro atoms. The molecule has 1 rings (SSSR count). The second kappa shape index (κ2) is 6.02.